The lowest BCUT2D eigenvalue weighted by Crippen LogP contribution is -2.29. The van der Waals surface area contributed by atoms with Gasteiger partial charge in [0.1, 0.15) is 0 Å². The Labute approximate surface area is 121 Å². The largest absolute Gasteiger partial charge is 0.297 e. The van der Waals surface area contributed by atoms with Gasteiger partial charge in [0.25, 0.3) is 0 Å². The van der Waals surface area contributed by atoms with Gasteiger partial charge < -0.3 is 0 Å². The van der Waals surface area contributed by atoms with Crippen LogP contribution < -0.4 is 11.3 Å². The van der Waals surface area contributed by atoms with E-state index < -0.39 is 0 Å². The van der Waals surface area contributed by atoms with Crippen molar-refractivity contribution < 1.29 is 0 Å². The van der Waals surface area contributed by atoms with E-state index in [1.165, 1.54) is 4.88 Å². The number of thiophene rings is 1. The van der Waals surface area contributed by atoms with E-state index in [4.69, 9.17) is 5.84 Å². The van der Waals surface area contributed by atoms with E-state index >= 15 is 0 Å². The van der Waals surface area contributed by atoms with Crippen molar-refractivity contribution in [1.29, 1.82) is 0 Å². The molecule has 0 amide bonds. The Morgan fingerprint density at radius 3 is 3.06 bits per heavy atom. The van der Waals surface area contributed by atoms with Crippen LogP contribution in [0.3, 0.4) is 0 Å². The van der Waals surface area contributed by atoms with Crippen LogP contribution in [0.5, 0.6) is 0 Å². The van der Waals surface area contributed by atoms with Gasteiger partial charge >= 0.3 is 0 Å². The van der Waals surface area contributed by atoms with Gasteiger partial charge in [0, 0.05) is 29.1 Å². The molecule has 3 aromatic rings. The number of nitrogens with two attached hydrogens (primary N) is 1. The molecule has 0 saturated carbocycles. The van der Waals surface area contributed by atoms with E-state index in [1.807, 2.05) is 22.0 Å². The number of halogens is 1. The number of hydrogen-bond donors (Lipinski definition) is 2. The van der Waals surface area contributed by atoms with Gasteiger partial charge in [0.15, 0.2) is 4.96 Å². The van der Waals surface area contributed by atoms with Crippen LogP contribution in [0.4, 0.5) is 0 Å². The zero-order chi connectivity index (χ0) is 12.5. The van der Waals surface area contributed by atoms with Gasteiger partial charge in [-0.1, -0.05) is 0 Å². The van der Waals surface area contributed by atoms with E-state index in [9.17, 15) is 0 Å². The number of rotatable bonds is 4. The number of hydrazine groups is 1. The maximum atomic E-state index is 5.64. The summed E-state index contributed by atoms with van der Waals surface area (Å²) in [6.45, 7) is 0. The van der Waals surface area contributed by atoms with E-state index in [2.05, 4.69) is 38.6 Å². The SMILES string of the molecule is NNC(Cc1cn2ccsc2n1)c1ccc(Br)s1. The molecule has 0 aliphatic rings. The fraction of sp³-hybridized carbons (Fsp3) is 0.182. The Morgan fingerprint density at radius 2 is 2.39 bits per heavy atom. The number of nitrogens with zero attached hydrogens (tertiary/aromatic N) is 2. The van der Waals surface area contributed by atoms with Crippen molar-refractivity contribution in [3.63, 3.8) is 0 Å². The molecular weight excluding hydrogens is 332 g/mol. The molecule has 0 radical (unpaired) electrons. The second-order valence-electron chi connectivity index (χ2n) is 3.89. The molecule has 18 heavy (non-hydrogen) atoms. The average Bonchev–Trinajstić information content (AvgIpc) is 3.00. The second-order valence-corrected chi connectivity index (χ2v) is 7.26. The third-order valence-electron chi connectivity index (χ3n) is 2.70. The third kappa shape index (κ3) is 2.36. The molecule has 0 aromatic carbocycles. The average molecular weight is 343 g/mol. The first-order valence-corrected chi connectivity index (χ1v) is 7.87. The van der Waals surface area contributed by atoms with Gasteiger partial charge in [-0.25, -0.2) is 4.98 Å². The minimum atomic E-state index is 0.103. The quantitative estimate of drug-likeness (QED) is 0.566. The highest BCUT2D eigenvalue weighted by molar-refractivity contribution is 9.11. The molecule has 0 aliphatic heterocycles. The van der Waals surface area contributed by atoms with Crippen molar-refractivity contribution in [2.24, 2.45) is 5.84 Å². The van der Waals surface area contributed by atoms with Crippen molar-refractivity contribution in [2.75, 3.05) is 0 Å². The fourth-order valence-corrected chi connectivity index (χ4v) is 4.04. The van der Waals surface area contributed by atoms with E-state index in [-0.39, 0.29) is 6.04 Å². The lowest BCUT2D eigenvalue weighted by Gasteiger charge is -2.12. The summed E-state index contributed by atoms with van der Waals surface area (Å²) >= 11 is 6.80. The van der Waals surface area contributed by atoms with E-state index in [0.29, 0.717) is 0 Å². The Kier molecular flexibility index (Phi) is 3.49. The van der Waals surface area contributed by atoms with Crippen LogP contribution in [0, 0.1) is 0 Å². The van der Waals surface area contributed by atoms with Crippen LogP contribution >= 0.6 is 38.6 Å². The standard InChI is InChI=1S/C11H11BrN4S2/c12-10-2-1-9(18-10)8(15-13)5-7-6-16-3-4-17-11(16)14-7/h1-4,6,8,15H,5,13H2. The van der Waals surface area contributed by atoms with E-state index in [0.717, 1.165) is 20.9 Å². The fourth-order valence-electron chi connectivity index (χ4n) is 1.84. The van der Waals surface area contributed by atoms with E-state index in [1.54, 1.807) is 22.7 Å². The summed E-state index contributed by atoms with van der Waals surface area (Å²) in [7, 11) is 0. The van der Waals surface area contributed by atoms with Crippen LogP contribution in [0.1, 0.15) is 16.6 Å². The maximum absolute atomic E-state index is 5.64. The van der Waals surface area contributed by atoms with Gasteiger partial charge in [-0.05, 0) is 28.1 Å². The molecule has 0 spiro atoms. The monoisotopic (exact) mass is 342 g/mol. The Morgan fingerprint density at radius 1 is 1.50 bits per heavy atom. The smallest absolute Gasteiger partial charge is 0.193 e. The van der Waals surface area contributed by atoms with Gasteiger partial charge in [-0.2, -0.15) is 0 Å². The van der Waals surface area contributed by atoms with Crippen molar-refractivity contribution >= 4 is 43.6 Å². The summed E-state index contributed by atoms with van der Waals surface area (Å²) in [6, 6.07) is 4.22. The first-order valence-electron chi connectivity index (χ1n) is 5.38. The first kappa shape index (κ1) is 12.3. The summed E-state index contributed by atoms with van der Waals surface area (Å²) in [5, 5.41) is 2.03. The number of nitrogens with one attached hydrogen (secondary N) is 1. The predicted molar refractivity (Wildman–Crippen MR) is 78.9 cm³/mol. The molecule has 1 atom stereocenters. The Hall–Kier alpha value is -0.730. The first-order chi connectivity index (χ1) is 8.76. The van der Waals surface area contributed by atoms with Crippen LogP contribution in [-0.2, 0) is 6.42 Å². The van der Waals surface area contributed by atoms with Crippen LogP contribution in [0.2, 0.25) is 0 Å². The van der Waals surface area contributed by atoms with Crippen molar-refractivity contribution in [2.45, 2.75) is 12.5 Å². The summed E-state index contributed by atoms with van der Waals surface area (Å²) in [5.74, 6) is 5.64. The number of aromatic nitrogens is 2. The summed E-state index contributed by atoms with van der Waals surface area (Å²) in [4.78, 5) is 6.80. The Bertz CT molecular complexity index is 628. The molecule has 0 saturated heterocycles. The number of imidazole rings is 1. The Balaban J connectivity index is 1.83. The van der Waals surface area contributed by atoms with Crippen LogP contribution in [0.15, 0.2) is 33.7 Å². The number of thiazole rings is 1. The lowest BCUT2D eigenvalue weighted by atomic mass is 10.1. The normalized spacial score (nSPS) is 13.2. The zero-order valence-electron chi connectivity index (χ0n) is 9.34. The topological polar surface area (TPSA) is 55.3 Å². The van der Waals surface area contributed by atoms with Gasteiger partial charge in [-0.15, -0.1) is 22.7 Å². The number of hydrogen-bond acceptors (Lipinski definition) is 5. The molecule has 3 N–H and O–H groups in total. The highest BCUT2D eigenvalue weighted by Gasteiger charge is 2.15. The second kappa shape index (κ2) is 5.10. The molecule has 0 bridgehead atoms. The molecule has 3 rings (SSSR count). The van der Waals surface area contributed by atoms with Gasteiger partial charge in [0.2, 0.25) is 0 Å². The van der Waals surface area contributed by atoms with Gasteiger partial charge in [-0.3, -0.25) is 15.7 Å². The molecule has 7 heteroatoms. The van der Waals surface area contributed by atoms with Crippen molar-refractivity contribution in [3.05, 3.63) is 44.3 Å². The molecule has 0 aliphatic carbocycles. The van der Waals surface area contributed by atoms with Crippen LogP contribution in [0.25, 0.3) is 4.96 Å². The molecule has 0 fully saturated rings. The molecular formula is C11H11BrN4S2. The van der Waals surface area contributed by atoms with Gasteiger partial charge in [0.05, 0.1) is 15.5 Å². The number of fused-ring (bicyclic) bond motifs is 1. The molecule has 1 unspecified atom stereocenters. The minimum absolute atomic E-state index is 0.103. The third-order valence-corrected chi connectivity index (χ3v) is 5.20. The molecule has 4 nitrogen and oxygen atoms in total. The highest BCUT2D eigenvalue weighted by Crippen LogP contribution is 2.29. The zero-order valence-corrected chi connectivity index (χ0v) is 12.6. The minimum Gasteiger partial charge on any atom is -0.297 e. The lowest BCUT2D eigenvalue weighted by molar-refractivity contribution is 0.555. The maximum Gasteiger partial charge on any atom is 0.193 e. The highest BCUT2D eigenvalue weighted by atomic mass is 79.9. The molecule has 3 heterocycles. The summed E-state index contributed by atoms with van der Waals surface area (Å²) in [6.07, 6.45) is 4.86. The summed E-state index contributed by atoms with van der Waals surface area (Å²) < 4.78 is 3.15. The molecule has 94 valence electrons. The van der Waals surface area contributed by atoms with Crippen LogP contribution in [-0.4, -0.2) is 9.38 Å². The van der Waals surface area contributed by atoms with Crippen molar-refractivity contribution in [3.8, 4) is 0 Å². The van der Waals surface area contributed by atoms with Crippen molar-refractivity contribution in [1.82, 2.24) is 14.8 Å². The summed E-state index contributed by atoms with van der Waals surface area (Å²) in [5.41, 5.74) is 3.91. The predicted octanol–water partition coefficient (Wildman–Crippen LogP) is 2.97. The molecule has 3 aromatic heterocycles.